The van der Waals surface area contributed by atoms with Gasteiger partial charge < -0.3 is 19.9 Å². The third-order valence-corrected chi connectivity index (χ3v) is 6.64. The highest BCUT2D eigenvalue weighted by molar-refractivity contribution is 6.01. The Bertz CT molecular complexity index is 1320. The van der Waals surface area contributed by atoms with Gasteiger partial charge in [-0.15, -0.1) is 0 Å². The predicted octanol–water partition coefficient (Wildman–Crippen LogP) is 4.02. The van der Waals surface area contributed by atoms with Crippen LogP contribution in [-0.4, -0.2) is 47.2 Å². The summed E-state index contributed by atoms with van der Waals surface area (Å²) in [5, 5.41) is 3.92. The maximum Gasteiger partial charge on any atom is 0.254 e. The molecular weight excluding hydrogens is 437 g/mol. The van der Waals surface area contributed by atoms with E-state index < -0.39 is 11.7 Å². The maximum atomic E-state index is 15.9. The molecule has 2 heterocycles. The predicted molar refractivity (Wildman–Crippen MR) is 124 cm³/mol. The second-order valence-electron chi connectivity index (χ2n) is 9.22. The Kier molecular flexibility index (Phi) is 5.28. The molecule has 3 aromatic rings. The number of ether oxygens (including phenoxy) is 1. The molecule has 5 rings (SSSR count). The van der Waals surface area contributed by atoms with Crippen LogP contribution in [0, 0.1) is 19.7 Å². The van der Waals surface area contributed by atoms with E-state index in [1.165, 1.54) is 6.07 Å². The minimum Gasteiger partial charge on any atom is -0.372 e. The number of halogens is 1. The van der Waals surface area contributed by atoms with E-state index in [0.717, 1.165) is 5.56 Å². The molecular formula is C26H26FN3O4. The second kappa shape index (κ2) is 8.06. The monoisotopic (exact) mass is 463 g/mol. The van der Waals surface area contributed by atoms with Crippen molar-refractivity contribution in [2.45, 2.75) is 46.3 Å². The normalized spacial score (nSPS) is 19.1. The van der Waals surface area contributed by atoms with E-state index in [1.54, 1.807) is 36.9 Å². The smallest absolute Gasteiger partial charge is 0.254 e. The summed E-state index contributed by atoms with van der Waals surface area (Å²) in [5.41, 5.74) is 10.1. The van der Waals surface area contributed by atoms with Crippen LogP contribution in [0.25, 0.3) is 22.3 Å². The number of fused-ring (bicyclic) bond motifs is 3. The summed E-state index contributed by atoms with van der Waals surface area (Å²) in [6.45, 7) is 8.34. The fourth-order valence-electron chi connectivity index (χ4n) is 5.26. The Morgan fingerprint density at radius 3 is 2.41 bits per heavy atom. The van der Waals surface area contributed by atoms with E-state index in [-0.39, 0.29) is 29.2 Å². The van der Waals surface area contributed by atoms with Crippen LogP contribution in [0.3, 0.4) is 0 Å². The summed E-state index contributed by atoms with van der Waals surface area (Å²) in [6.07, 6.45) is 0.237. The highest BCUT2D eigenvalue weighted by Gasteiger charge is 2.32. The first-order valence-corrected chi connectivity index (χ1v) is 11.3. The highest BCUT2D eigenvalue weighted by Crippen LogP contribution is 2.45. The Morgan fingerprint density at radius 2 is 1.79 bits per heavy atom. The number of nitrogens with zero attached hydrogens (tertiary/aromatic N) is 2. The summed E-state index contributed by atoms with van der Waals surface area (Å²) in [7, 11) is 0. The zero-order chi connectivity index (χ0) is 24.3. The SMILES string of the molecule is Cc1noc(C)c1-c1cc(C(N)=O)c2c(c1F)-c1ccc(C(=O)N3C[C@@H](C)O[C@@H](C)C3)cc1C2. The fraction of sp³-hybridized carbons (Fsp3) is 0.346. The minimum atomic E-state index is -0.635. The molecule has 1 aliphatic carbocycles. The molecule has 1 fully saturated rings. The molecule has 34 heavy (non-hydrogen) atoms. The largest absolute Gasteiger partial charge is 0.372 e. The number of primary amides is 1. The highest BCUT2D eigenvalue weighted by atomic mass is 19.1. The third-order valence-electron chi connectivity index (χ3n) is 6.64. The van der Waals surface area contributed by atoms with Crippen LogP contribution in [0.4, 0.5) is 4.39 Å². The van der Waals surface area contributed by atoms with Crippen molar-refractivity contribution >= 4 is 11.8 Å². The first-order valence-electron chi connectivity index (χ1n) is 11.3. The van der Waals surface area contributed by atoms with E-state index in [0.29, 0.717) is 58.8 Å². The molecule has 1 aromatic heterocycles. The van der Waals surface area contributed by atoms with Crippen LogP contribution in [-0.2, 0) is 11.2 Å². The molecule has 0 radical (unpaired) electrons. The van der Waals surface area contributed by atoms with Crippen molar-refractivity contribution in [3.63, 3.8) is 0 Å². The lowest BCUT2D eigenvalue weighted by molar-refractivity contribution is -0.0586. The van der Waals surface area contributed by atoms with E-state index in [9.17, 15) is 9.59 Å². The lowest BCUT2D eigenvalue weighted by Gasteiger charge is -2.35. The van der Waals surface area contributed by atoms with Gasteiger partial charge in [-0.2, -0.15) is 0 Å². The molecule has 0 spiro atoms. The van der Waals surface area contributed by atoms with Crippen molar-refractivity contribution in [2.24, 2.45) is 5.73 Å². The van der Waals surface area contributed by atoms with Gasteiger partial charge in [-0.1, -0.05) is 11.2 Å². The Balaban J connectivity index is 1.60. The Hall–Kier alpha value is -3.52. The first kappa shape index (κ1) is 22.3. The fourth-order valence-corrected chi connectivity index (χ4v) is 5.26. The van der Waals surface area contributed by atoms with Gasteiger partial charge in [0.05, 0.1) is 23.5 Å². The number of benzene rings is 2. The van der Waals surface area contributed by atoms with Crippen molar-refractivity contribution in [2.75, 3.05) is 13.1 Å². The van der Waals surface area contributed by atoms with Crippen molar-refractivity contribution in [1.29, 1.82) is 0 Å². The number of rotatable bonds is 3. The summed E-state index contributed by atoms with van der Waals surface area (Å²) in [5.74, 6) is -0.722. The van der Waals surface area contributed by atoms with Crippen molar-refractivity contribution in [1.82, 2.24) is 10.1 Å². The van der Waals surface area contributed by atoms with Gasteiger partial charge >= 0.3 is 0 Å². The third kappa shape index (κ3) is 3.49. The number of amides is 2. The quantitative estimate of drug-likeness (QED) is 0.495. The topological polar surface area (TPSA) is 98.7 Å². The Labute approximate surface area is 196 Å². The standard InChI is InChI=1S/C26H26FN3O4/c1-12-10-30(11-13(2)33-12)26(32)16-5-6-18-17(7-16)8-19-20(25(28)31)9-21(24(27)23(18)19)22-14(3)29-34-15(22)4/h5-7,9,12-13H,8,10-11H2,1-4H3,(H2,28,31)/t12-,13+. The number of aryl methyl sites for hydroxylation is 2. The number of carbonyl (C=O) groups is 2. The second-order valence-corrected chi connectivity index (χ2v) is 9.22. The average molecular weight is 464 g/mol. The molecule has 0 bridgehead atoms. The van der Waals surface area contributed by atoms with E-state index in [2.05, 4.69) is 5.16 Å². The average Bonchev–Trinajstić information content (AvgIpc) is 3.32. The van der Waals surface area contributed by atoms with E-state index in [1.807, 2.05) is 13.8 Å². The molecule has 0 saturated carbocycles. The first-order chi connectivity index (χ1) is 16.2. The van der Waals surface area contributed by atoms with Crippen LogP contribution in [0.15, 0.2) is 28.8 Å². The Morgan fingerprint density at radius 1 is 1.09 bits per heavy atom. The summed E-state index contributed by atoms with van der Waals surface area (Å²) >= 11 is 0. The number of nitrogens with two attached hydrogens (primary N) is 1. The molecule has 2 aliphatic rings. The zero-order valence-corrected chi connectivity index (χ0v) is 19.6. The molecule has 2 aromatic carbocycles. The summed E-state index contributed by atoms with van der Waals surface area (Å²) in [4.78, 5) is 27.3. The van der Waals surface area contributed by atoms with Crippen LogP contribution in [0.1, 0.15) is 57.1 Å². The van der Waals surface area contributed by atoms with E-state index in [4.69, 9.17) is 15.0 Å². The van der Waals surface area contributed by atoms with Crippen LogP contribution in [0.5, 0.6) is 0 Å². The molecule has 1 saturated heterocycles. The van der Waals surface area contributed by atoms with Crippen molar-refractivity contribution < 1.29 is 23.2 Å². The molecule has 7 nitrogen and oxygen atoms in total. The van der Waals surface area contributed by atoms with Crippen LogP contribution < -0.4 is 5.73 Å². The van der Waals surface area contributed by atoms with Gasteiger partial charge in [-0.3, -0.25) is 9.59 Å². The van der Waals surface area contributed by atoms with Gasteiger partial charge in [0, 0.05) is 35.3 Å². The maximum absolute atomic E-state index is 15.9. The minimum absolute atomic E-state index is 0.0404. The van der Waals surface area contributed by atoms with Gasteiger partial charge in [0.15, 0.2) is 0 Å². The number of hydrogen-bond donors (Lipinski definition) is 1. The number of morpholine rings is 1. The van der Waals surface area contributed by atoms with Gasteiger partial charge in [0.1, 0.15) is 11.6 Å². The number of aromatic nitrogens is 1. The number of carbonyl (C=O) groups excluding carboxylic acids is 2. The van der Waals surface area contributed by atoms with Crippen molar-refractivity contribution in [3.05, 3.63) is 63.8 Å². The summed E-state index contributed by atoms with van der Waals surface area (Å²) < 4.78 is 26.9. The lowest BCUT2D eigenvalue weighted by atomic mass is 9.92. The van der Waals surface area contributed by atoms with E-state index >= 15 is 4.39 Å². The summed E-state index contributed by atoms with van der Waals surface area (Å²) in [6, 6.07) is 6.75. The van der Waals surface area contributed by atoms with Gasteiger partial charge in [0.2, 0.25) is 5.91 Å². The van der Waals surface area contributed by atoms with Crippen LogP contribution >= 0.6 is 0 Å². The molecule has 8 heteroatoms. The molecule has 2 amide bonds. The molecule has 1 aliphatic heterocycles. The van der Waals surface area contributed by atoms with Gasteiger partial charge in [-0.25, -0.2) is 4.39 Å². The zero-order valence-electron chi connectivity index (χ0n) is 19.6. The molecule has 0 unspecified atom stereocenters. The number of hydrogen-bond acceptors (Lipinski definition) is 5. The molecule has 2 atom stereocenters. The molecule has 176 valence electrons. The molecule has 2 N–H and O–H groups in total. The van der Waals surface area contributed by atoms with Gasteiger partial charge in [-0.05, 0) is 69.0 Å². The van der Waals surface area contributed by atoms with Gasteiger partial charge in [0.25, 0.3) is 5.91 Å². The lowest BCUT2D eigenvalue weighted by Crippen LogP contribution is -2.48. The van der Waals surface area contributed by atoms with Crippen LogP contribution in [0.2, 0.25) is 0 Å². The van der Waals surface area contributed by atoms with Crippen molar-refractivity contribution in [3.8, 4) is 22.3 Å².